The van der Waals surface area contributed by atoms with Crippen LogP contribution in [0.25, 0.3) is 0 Å². The second-order valence-electron chi connectivity index (χ2n) is 6.65. The van der Waals surface area contributed by atoms with Crippen LogP contribution in [0.3, 0.4) is 0 Å². The molecule has 1 saturated heterocycles. The van der Waals surface area contributed by atoms with Gasteiger partial charge in [-0.15, -0.1) is 0 Å². The lowest BCUT2D eigenvalue weighted by atomic mass is 10.1. The van der Waals surface area contributed by atoms with E-state index in [4.69, 9.17) is 16.3 Å². The molecular weight excluding hydrogens is 348 g/mol. The van der Waals surface area contributed by atoms with E-state index in [1.165, 1.54) is 18.2 Å². The molecule has 1 aliphatic rings. The van der Waals surface area contributed by atoms with E-state index in [9.17, 15) is 4.79 Å². The smallest absolute Gasteiger partial charge is 0.337 e. The highest BCUT2D eigenvalue weighted by molar-refractivity contribution is 6.31. The molecule has 1 aliphatic heterocycles. The van der Waals surface area contributed by atoms with E-state index in [1.54, 1.807) is 0 Å². The Balaban J connectivity index is 1.43. The highest BCUT2D eigenvalue weighted by Gasteiger charge is 2.17. The van der Waals surface area contributed by atoms with Crippen LogP contribution in [0.15, 0.2) is 48.5 Å². The summed E-state index contributed by atoms with van der Waals surface area (Å²) in [5.41, 5.74) is 3.05. The molecule has 0 radical (unpaired) electrons. The molecule has 0 saturated carbocycles. The molecule has 26 heavy (non-hydrogen) atoms. The van der Waals surface area contributed by atoms with Crippen molar-refractivity contribution in [3.8, 4) is 0 Å². The van der Waals surface area contributed by atoms with Crippen LogP contribution in [-0.2, 0) is 17.7 Å². The second kappa shape index (κ2) is 9.17. The molecule has 0 aromatic heterocycles. The number of esters is 1. The third-order valence-electron chi connectivity index (χ3n) is 4.91. The molecule has 0 unspecified atom stereocenters. The fourth-order valence-corrected chi connectivity index (χ4v) is 3.45. The molecule has 1 heterocycles. The summed E-state index contributed by atoms with van der Waals surface area (Å²) in [5, 5.41) is 0.852. The van der Waals surface area contributed by atoms with Crippen LogP contribution >= 0.6 is 11.6 Å². The molecule has 0 N–H and O–H groups in total. The average Bonchev–Trinajstić information content (AvgIpc) is 2.69. The summed E-state index contributed by atoms with van der Waals surface area (Å²) in [4.78, 5) is 16.4. The van der Waals surface area contributed by atoms with Crippen molar-refractivity contribution in [3.63, 3.8) is 0 Å². The lowest BCUT2D eigenvalue weighted by molar-refractivity contribution is 0.0600. The Hall–Kier alpha value is -1.88. The van der Waals surface area contributed by atoms with E-state index in [0.717, 1.165) is 50.7 Å². The van der Waals surface area contributed by atoms with Gasteiger partial charge in [-0.3, -0.25) is 4.90 Å². The van der Waals surface area contributed by atoms with E-state index in [2.05, 4.69) is 15.9 Å². The number of benzene rings is 2. The van der Waals surface area contributed by atoms with E-state index in [0.29, 0.717) is 5.56 Å². The SMILES string of the molecule is COC(=O)c1ccc(CCN2CCN(Cc3ccccc3Cl)CC2)cc1. The number of carbonyl (C=O) groups is 1. The van der Waals surface area contributed by atoms with Gasteiger partial charge in [-0.25, -0.2) is 4.79 Å². The summed E-state index contributed by atoms with van der Waals surface area (Å²) in [6, 6.07) is 15.8. The first kappa shape index (κ1) is 18.9. The zero-order valence-electron chi connectivity index (χ0n) is 15.2. The third-order valence-corrected chi connectivity index (χ3v) is 5.28. The average molecular weight is 373 g/mol. The topological polar surface area (TPSA) is 32.8 Å². The van der Waals surface area contributed by atoms with Crippen LogP contribution in [0.1, 0.15) is 21.5 Å². The minimum Gasteiger partial charge on any atom is -0.465 e. The monoisotopic (exact) mass is 372 g/mol. The summed E-state index contributed by atoms with van der Waals surface area (Å²) < 4.78 is 4.73. The Bertz CT molecular complexity index is 725. The van der Waals surface area contributed by atoms with Gasteiger partial charge in [-0.1, -0.05) is 41.9 Å². The molecule has 0 aliphatic carbocycles. The Morgan fingerprint density at radius 2 is 1.65 bits per heavy atom. The molecule has 3 rings (SSSR count). The van der Waals surface area contributed by atoms with Crippen LogP contribution in [0.5, 0.6) is 0 Å². The van der Waals surface area contributed by atoms with Gasteiger partial charge in [0.2, 0.25) is 0 Å². The first-order valence-corrected chi connectivity index (χ1v) is 9.39. The van der Waals surface area contributed by atoms with Crippen LogP contribution in [0, 0.1) is 0 Å². The minimum atomic E-state index is -0.286. The van der Waals surface area contributed by atoms with Gasteiger partial charge in [-0.05, 0) is 35.7 Å². The van der Waals surface area contributed by atoms with Crippen molar-refractivity contribution in [1.82, 2.24) is 9.80 Å². The summed E-state index contributed by atoms with van der Waals surface area (Å²) in [7, 11) is 1.40. The molecule has 0 amide bonds. The van der Waals surface area contributed by atoms with Gasteiger partial charge in [0.25, 0.3) is 0 Å². The summed E-state index contributed by atoms with van der Waals surface area (Å²) in [5.74, 6) is -0.286. The van der Waals surface area contributed by atoms with Gasteiger partial charge in [-0.2, -0.15) is 0 Å². The fourth-order valence-electron chi connectivity index (χ4n) is 3.25. The highest BCUT2D eigenvalue weighted by atomic mass is 35.5. The van der Waals surface area contributed by atoms with E-state index in [1.807, 2.05) is 42.5 Å². The number of piperazine rings is 1. The van der Waals surface area contributed by atoms with Gasteiger partial charge in [0.1, 0.15) is 0 Å². The van der Waals surface area contributed by atoms with Crippen molar-refractivity contribution >= 4 is 17.6 Å². The lowest BCUT2D eigenvalue weighted by Crippen LogP contribution is -2.46. The van der Waals surface area contributed by atoms with Gasteiger partial charge in [0, 0.05) is 44.3 Å². The Kier molecular flexibility index (Phi) is 6.67. The number of ether oxygens (including phenoxy) is 1. The highest BCUT2D eigenvalue weighted by Crippen LogP contribution is 2.18. The lowest BCUT2D eigenvalue weighted by Gasteiger charge is -2.34. The number of hydrogen-bond donors (Lipinski definition) is 0. The molecule has 0 spiro atoms. The van der Waals surface area contributed by atoms with Crippen molar-refractivity contribution in [2.45, 2.75) is 13.0 Å². The minimum absolute atomic E-state index is 0.286. The van der Waals surface area contributed by atoms with Crippen molar-refractivity contribution in [1.29, 1.82) is 0 Å². The van der Waals surface area contributed by atoms with Crippen LogP contribution in [0.2, 0.25) is 5.02 Å². The van der Waals surface area contributed by atoms with Crippen molar-refractivity contribution in [3.05, 3.63) is 70.2 Å². The fraction of sp³-hybridized carbons (Fsp3) is 0.381. The van der Waals surface area contributed by atoms with Gasteiger partial charge < -0.3 is 9.64 Å². The van der Waals surface area contributed by atoms with E-state index >= 15 is 0 Å². The summed E-state index contributed by atoms with van der Waals surface area (Å²) in [6.45, 7) is 6.23. The van der Waals surface area contributed by atoms with E-state index in [-0.39, 0.29) is 5.97 Å². The normalized spacial score (nSPS) is 15.8. The second-order valence-corrected chi connectivity index (χ2v) is 7.05. The van der Waals surface area contributed by atoms with Crippen LogP contribution in [-0.4, -0.2) is 55.6 Å². The number of hydrogen-bond acceptors (Lipinski definition) is 4. The van der Waals surface area contributed by atoms with Crippen LogP contribution in [0.4, 0.5) is 0 Å². The molecule has 5 heteroatoms. The molecule has 138 valence electrons. The molecule has 0 bridgehead atoms. The predicted octanol–water partition coefficient (Wildman–Crippen LogP) is 3.49. The number of nitrogens with zero attached hydrogens (tertiary/aromatic N) is 2. The first-order chi connectivity index (χ1) is 12.7. The molecule has 2 aromatic rings. The predicted molar refractivity (Wildman–Crippen MR) is 105 cm³/mol. The maximum absolute atomic E-state index is 11.5. The molecule has 2 aromatic carbocycles. The maximum atomic E-state index is 11.5. The van der Waals surface area contributed by atoms with Crippen molar-refractivity contribution in [2.24, 2.45) is 0 Å². The zero-order valence-corrected chi connectivity index (χ0v) is 15.9. The molecule has 1 fully saturated rings. The summed E-state index contributed by atoms with van der Waals surface area (Å²) in [6.07, 6.45) is 0.992. The Labute approximate surface area is 160 Å². The molecular formula is C21H25ClN2O2. The van der Waals surface area contributed by atoms with Gasteiger partial charge in [0.15, 0.2) is 0 Å². The largest absolute Gasteiger partial charge is 0.465 e. The standard InChI is InChI=1S/C21H25ClN2O2/c1-26-21(25)18-8-6-17(7-9-18)10-11-23-12-14-24(15-13-23)16-19-4-2-3-5-20(19)22/h2-9H,10-16H2,1H3. The maximum Gasteiger partial charge on any atom is 0.337 e. The number of halogens is 1. The number of carbonyl (C=O) groups excluding carboxylic acids is 1. The number of rotatable bonds is 6. The molecule has 4 nitrogen and oxygen atoms in total. The van der Waals surface area contributed by atoms with Crippen LogP contribution < -0.4 is 0 Å². The number of methoxy groups -OCH3 is 1. The summed E-state index contributed by atoms with van der Waals surface area (Å²) >= 11 is 6.26. The molecule has 0 atom stereocenters. The Morgan fingerprint density at radius 3 is 2.31 bits per heavy atom. The third kappa shape index (κ3) is 5.07. The quantitative estimate of drug-likeness (QED) is 0.727. The first-order valence-electron chi connectivity index (χ1n) is 9.01. The Morgan fingerprint density at radius 1 is 1.00 bits per heavy atom. The van der Waals surface area contributed by atoms with E-state index < -0.39 is 0 Å². The zero-order chi connectivity index (χ0) is 18.4. The van der Waals surface area contributed by atoms with Crippen molar-refractivity contribution in [2.75, 3.05) is 39.8 Å². The van der Waals surface area contributed by atoms with Gasteiger partial charge >= 0.3 is 5.97 Å². The van der Waals surface area contributed by atoms with Gasteiger partial charge in [0.05, 0.1) is 12.7 Å². The van der Waals surface area contributed by atoms with Crippen molar-refractivity contribution < 1.29 is 9.53 Å².